The Hall–Kier alpha value is -2.53. The van der Waals surface area contributed by atoms with E-state index in [1.165, 1.54) is 0 Å². The minimum absolute atomic E-state index is 0.381. The van der Waals surface area contributed by atoms with Crippen LogP contribution in [0.3, 0.4) is 0 Å². The van der Waals surface area contributed by atoms with Crippen LogP contribution in [0.5, 0.6) is 0 Å². The van der Waals surface area contributed by atoms with Crippen LogP contribution in [-0.4, -0.2) is 11.7 Å². The molecule has 1 N–H and O–H groups in total. The number of carbonyl (C=O) groups is 1. The summed E-state index contributed by atoms with van der Waals surface area (Å²) in [5.41, 5.74) is -1.28. The van der Waals surface area contributed by atoms with Gasteiger partial charge in [0.05, 0.1) is 18.2 Å². The van der Waals surface area contributed by atoms with Crippen molar-refractivity contribution in [1.82, 2.24) is 5.32 Å². The van der Waals surface area contributed by atoms with E-state index < -0.39 is 23.2 Å². The Kier molecular flexibility index (Phi) is 6.80. The summed E-state index contributed by atoms with van der Waals surface area (Å²) in [4.78, 5) is 12.2. The molecular weight excluding hydrogens is 302 g/mol. The number of carbonyl (C=O) groups excluding carboxylic acids is 1. The maximum atomic E-state index is 12.2. The largest absolute Gasteiger partial charge is 0.444 e. The second-order valence-electron chi connectivity index (χ2n) is 6.79. The lowest BCUT2D eigenvalue weighted by Crippen LogP contribution is -2.42. The third kappa shape index (κ3) is 5.28. The Labute approximate surface area is 144 Å². The zero-order chi connectivity index (χ0) is 18.2. The van der Waals surface area contributed by atoms with E-state index in [1.807, 2.05) is 25.1 Å². The van der Waals surface area contributed by atoms with Gasteiger partial charge in [-0.05, 0) is 32.8 Å². The van der Waals surface area contributed by atoms with Gasteiger partial charge in [-0.2, -0.15) is 10.5 Å². The van der Waals surface area contributed by atoms with Gasteiger partial charge in [0, 0.05) is 0 Å². The number of nitrogens with zero attached hydrogens (tertiary/aromatic N) is 2. The molecule has 1 aromatic carbocycles. The van der Waals surface area contributed by atoms with Crippen molar-refractivity contribution in [2.24, 2.45) is 5.41 Å². The van der Waals surface area contributed by atoms with Crippen molar-refractivity contribution < 1.29 is 9.53 Å². The van der Waals surface area contributed by atoms with Crippen LogP contribution in [0.4, 0.5) is 4.79 Å². The third-order valence-electron chi connectivity index (χ3n) is 3.61. The molecule has 128 valence electrons. The van der Waals surface area contributed by atoms with E-state index in [0.717, 1.165) is 12.8 Å². The summed E-state index contributed by atoms with van der Waals surface area (Å²) in [7, 11) is 0. The molecule has 0 aliphatic carbocycles. The maximum absolute atomic E-state index is 12.2. The fourth-order valence-electron chi connectivity index (χ4n) is 2.43. The average Bonchev–Trinajstić information content (AvgIpc) is 2.54. The van der Waals surface area contributed by atoms with Crippen molar-refractivity contribution in [3.63, 3.8) is 0 Å². The lowest BCUT2D eigenvalue weighted by molar-refractivity contribution is 0.0477. The molecule has 1 rings (SSSR count). The number of rotatable bonds is 6. The van der Waals surface area contributed by atoms with Crippen molar-refractivity contribution in [3.8, 4) is 12.1 Å². The van der Waals surface area contributed by atoms with E-state index in [0.29, 0.717) is 12.0 Å². The zero-order valence-corrected chi connectivity index (χ0v) is 14.8. The first-order chi connectivity index (χ1) is 11.3. The van der Waals surface area contributed by atoms with Crippen molar-refractivity contribution in [3.05, 3.63) is 35.9 Å². The summed E-state index contributed by atoms with van der Waals surface area (Å²) in [6, 6.07) is 12.6. The van der Waals surface area contributed by atoms with Gasteiger partial charge in [-0.3, -0.25) is 0 Å². The Morgan fingerprint density at radius 2 is 1.79 bits per heavy atom. The predicted octanol–water partition coefficient (Wildman–Crippen LogP) is 4.48. The molecule has 0 heterocycles. The van der Waals surface area contributed by atoms with Crippen LogP contribution < -0.4 is 5.32 Å². The Morgan fingerprint density at radius 1 is 1.21 bits per heavy atom. The van der Waals surface area contributed by atoms with Crippen LogP contribution in [0.15, 0.2) is 30.3 Å². The first-order valence-corrected chi connectivity index (χ1v) is 8.15. The van der Waals surface area contributed by atoms with Crippen LogP contribution in [-0.2, 0) is 4.74 Å². The van der Waals surface area contributed by atoms with Gasteiger partial charge in [0.1, 0.15) is 5.60 Å². The molecule has 0 bridgehead atoms. The monoisotopic (exact) mass is 327 g/mol. The third-order valence-corrected chi connectivity index (χ3v) is 3.61. The molecule has 0 saturated carbocycles. The molecule has 24 heavy (non-hydrogen) atoms. The number of hydrogen-bond acceptors (Lipinski definition) is 4. The number of nitriles is 2. The molecule has 0 spiro atoms. The normalized spacial score (nSPS) is 12.6. The predicted molar refractivity (Wildman–Crippen MR) is 91.7 cm³/mol. The highest BCUT2D eigenvalue weighted by molar-refractivity contribution is 5.69. The number of amides is 1. The zero-order valence-electron chi connectivity index (χ0n) is 14.8. The van der Waals surface area contributed by atoms with E-state index in [2.05, 4.69) is 17.5 Å². The summed E-state index contributed by atoms with van der Waals surface area (Å²) < 4.78 is 5.31. The lowest BCUT2D eigenvalue weighted by atomic mass is 9.75. The Balaban J connectivity index is 3.21. The van der Waals surface area contributed by atoms with Gasteiger partial charge in [0.25, 0.3) is 0 Å². The van der Waals surface area contributed by atoms with E-state index >= 15 is 0 Å². The first-order valence-electron chi connectivity index (χ1n) is 8.15. The second-order valence-corrected chi connectivity index (χ2v) is 6.79. The fraction of sp³-hybridized carbons (Fsp3) is 0.526. The van der Waals surface area contributed by atoms with Crippen LogP contribution in [0, 0.1) is 28.1 Å². The molecular formula is C19H25N3O2. The average molecular weight is 327 g/mol. The molecule has 1 aromatic rings. The van der Waals surface area contributed by atoms with Gasteiger partial charge in [0.2, 0.25) is 0 Å². The van der Waals surface area contributed by atoms with E-state index in [4.69, 9.17) is 4.74 Å². The van der Waals surface area contributed by atoms with Crippen molar-refractivity contribution in [2.75, 3.05) is 0 Å². The number of hydrogen-bond donors (Lipinski definition) is 1. The summed E-state index contributed by atoms with van der Waals surface area (Å²) in [5, 5.41) is 22.2. The highest BCUT2D eigenvalue weighted by Crippen LogP contribution is 2.38. The highest BCUT2D eigenvalue weighted by atomic mass is 16.6. The van der Waals surface area contributed by atoms with Crippen molar-refractivity contribution >= 4 is 6.09 Å². The van der Waals surface area contributed by atoms with E-state index in [-0.39, 0.29) is 0 Å². The lowest BCUT2D eigenvalue weighted by Gasteiger charge is -2.31. The van der Waals surface area contributed by atoms with Crippen LogP contribution in [0.2, 0.25) is 0 Å². The molecule has 0 aliphatic rings. The molecule has 1 atom stereocenters. The quantitative estimate of drug-likeness (QED) is 0.834. The first kappa shape index (κ1) is 19.5. The molecule has 5 heteroatoms. The number of benzene rings is 1. The minimum atomic E-state index is -1.34. The van der Waals surface area contributed by atoms with Gasteiger partial charge < -0.3 is 10.1 Å². The van der Waals surface area contributed by atoms with Crippen molar-refractivity contribution in [1.29, 1.82) is 10.5 Å². The molecule has 1 amide bonds. The maximum Gasteiger partial charge on any atom is 0.408 e. The topological polar surface area (TPSA) is 85.9 Å². The van der Waals surface area contributed by atoms with Gasteiger partial charge in [-0.15, -0.1) is 0 Å². The van der Waals surface area contributed by atoms with Gasteiger partial charge >= 0.3 is 6.09 Å². The summed E-state index contributed by atoms with van der Waals surface area (Å²) >= 11 is 0. The minimum Gasteiger partial charge on any atom is -0.444 e. The SMILES string of the molecule is CCCCC(C#N)(C#N)[C@@H](NC(=O)OC(C)(C)C)c1ccccc1. The fourth-order valence-corrected chi connectivity index (χ4v) is 2.43. The summed E-state index contributed by atoms with van der Waals surface area (Å²) in [6.07, 6.45) is 1.33. The van der Waals surface area contributed by atoms with Gasteiger partial charge in [-0.1, -0.05) is 50.1 Å². The standard InChI is InChI=1S/C19H25N3O2/c1-5-6-12-19(13-20,14-21)16(15-10-8-7-9-11-15)22-17(23)24-18(2,3)4/h7-11,16H,5-6,12H2,1-4H3,(H,22,23)/t16-/m0/s1. The molecule has 0 aromatic heterocycles. The summed E-state index contributed by atoms with van der Waals surface area (Å²) in [6.45, 7) is 7.30. The van der Waals surface area contributed by atoms with Crippen LogP contribution >= 0.6 is 0 Å². The highest BCUT2D eigenvalue weighted by Gasteiger charge is 2.42. The Morgan fingerprint density at radius 3 is 2.25 bits per heavy atom. The Bertz CT molecular complexity index is 607. The second kappa shape index (κ2) is 8.36. The van der Waals surface area contributed by atoms with Gasteiger partial charge in [-0.25, -0.2) is 4.79 Å². The molecule has 0 unspecified atom stereocenters. The molecule has 5 nitrogen and oxygen atoms in total. The smallest absolute Gasteiger partial charge is 0.408 e. The van der Waals surface area contributed by atoms with Crippen LogP contribution in [0.1, 0.15) is 58.6 Å². The molecule has 0 fully saturated rings. The van der Waals surface area contributed by atoms with Gasteiger partial charge in [0.15, 0.2) is 5.41 Å². The number of alkyl carbamates (subject to hydrolysis) is 1. The molecule has 0 aliphatic heterocycles. The van der Waals surface area contributed by atoms with Crippen molar-refractivity contribution in [2.45, 2.75) is 58.6 Å². The number of ether oxygens (including phenoxy) is 1. The summed E-state index contributed by atoms with van der Waals surface area (Å²) in [5.74, 6) is 0. The molecule has 0 saturated heterocycles. The molecule has 0 radical (unpaired) electrons. The number of unbranched alkanes of at least 4 members (excludes halogenated alkanes) is 1. The van der Waals surface area contributed by atoms with Crippen LogP contribution in [0.25, 0.3) is 0 Å². The number of nitrogens with one attached hydrogen (secondary N) is 1. The van der Waals surface area contributed by atoms with E-state index in [9.17, 15) is 15.3 Å². The van der Waals surface area contributed by atoms with E-state index in [1.54, 1.807) is 32.9 Å².